The van der Waals surface area contributed by atoms with Gasteiger partial charge in [0.05, 0.1) is 26.4 Å². The van der Waals surface area contributed by atoms with Crippen molar-refractivity contribution >= 4 is 39.5 Å². The van der Waals surface area contributed by atoms with Crippen LogP contribution in [0.25, 0.3) is 0 Å². The molecule has 0 aliphatic carbocycles. The fourth-order valence-corrected chi connectivity index (χ4v) is 13.3. The zero-order chi connectivity index (χ0) is 71.0. The number of carbonyl (C=O) groups is 4. The van der Waals surface area contributed by atoms with Crippen molar-refractivity contribution < 1.29 is 80.2 Å². The van der Waals surface area contributed by atoms with Gasteiger partial charge in [0.25, 0.3) is 0 Å². The summed E-state index contributed by atoms with van der Waals surface area (Å²) in [7, 11) is -9.91. The summed E-state index contributed by atoms with van der Waals surface area (Å²) in [6.45, 7) is 14.2. The highest BCUT2D eigenvalue weighted by atomic mass is 31.2. The van der Waals surface area contributed by atoms with Gasteiger partial charge in [-0.2, -0.15) is 0 Å². The van der Waals surface area contributed by atoms with Gasteiger partial charge in [-0.05, 0) is 49.4 Å². The Morgan fingerprint density at radius 1 is 0.292 bits per heavy atom. The molecule has 0 saturated heterocycles. The molecular formula is C77H150O17P2. The predicted octanol–water partition coefficient (Wildman–Crippen LogP) is 22.4. The topological polar surface area (TPSA) is 237 Å². The number of hydrogen-bond acceptors (Lipinski definition) is 15. The maximum atomic E-state index is 13.1. The van der Waals surface area contributed by atoms with Gasteiger partial charge in [-0.15, -0.1) is 0 Å². The number of phosphoric ester groups is 2. The van der Waals surface area contributed by atoms with E-state index in [4.69, 9.17) is 37.0 Å². The van der Waals surface area contributed by atoms with E-state index >= 15 is 0 Å². The fraction of sp³-hybridized carbons (Fsp3) is 0.948. The summed E-state index contributed by atoms with van der Waals surface area (Å²) in [5.74, 6) is 0.940. The van der Waals surface area contributed by atoms with Gasteiger partial charge < -0.3 is 33.8 Å². The number of aliphatic hydroxyl groups is 1. The first-order valence-corrected chi connectivity index (χ1v) is 42.7. The van der Waals surface area contributed by atoms with Gasteiger partial charge in [0.15, 0.2) is 12.2 Å². The lowest BCUT2D eigenvalue weighted by Crippen LogP contribution is -2.30. The van der Waals surface area contributed by atoms with Crippen molar-refractivity contribution in [2.24, 2.45) is 23.7 Å². The van der Waals surface area contributed by atoms with Crippen molar-refractivity contribution in [3.05, 3.63) is 0 Å². The fourth-order valence-electron chi connectivity index (χ4n) is 11.7. The van der Waals surface area contributed by atoms with E-state index in [0.717, 1.165) is 120 Å². The number of hydrogen-bond donors (Lipinski definition) is 3. The molecule has 0 spiro atoms. The summed E-state index contributed by atoms with van der Waals surface area (Å²) in [4.78, 5) is 72.8. The van der Waals surface area contributed by atoms with E-state index in [1.165, 1.54) is 186 Å². The highest BCUT2D eigenvalue weighted by molar-refractivity contribution is 7.47. The molecule has 0 rings (SSSR count). The molecule has 6 atom stereocenters. The van der Waals surface area contributed by atoms with Crippen molar-refractivity contribution in [3.63, 3.8) is 0 Å². The largest absolute Gasteiger partial charge is 0.472 e. The van der Waals surface area contributed by atoms with Gasteiger partial charge in [0.2, 0.25) is 0 Å². The summed E-state index contributed by atoms with van der Waals surface area (Å²) >= 11 is 0. The van der Waals surface area contributed by atoms with Crippen LogP contribution in [-0.2, 0) is 65.4 Å². The molecule has 0 aromatic rings. The molecule has 0 aromatic heterocycles. The molecule has 0 bridgehead atoms. The Labute approximate surface area is 588 Å². The number of aliphatic hydroxyl groups excluding tert-OH is 1. The highest BCUT2D eigenvalue weighted by Crippen LogP contribution is 2.45. The van der Waals surface area contributed by atoms with Crippen LogP contribution in [-0.4, -0.2) is 96.7 Å². The van der Waals surface area contributed by atoms with Gasteiger partial charge in [-0.3, -0.25) is 37.3 Å². The highest BCUT2D eigenvalue weighted by Gasteiger charge is 2.30. The number of esters is 4. The first-order chi connectivity index (χ1) is 46.1. The first-order valence-electron chi connectivity index (χ1n) is 39.7. The molecule has 0 radical (unpaired) electrons. The van der Waals surface area contributed by atoms with Crippen LogP contribution in [0.4, 0.5) is 0 Å². The second kappa shape index (κ2) is 66.3. The Hall–Kier alpha value is -1.94. The van der Waals surface area contributed by atoms with E-state index in [0.29, 0.717) is 25.7 Å². The third-order valence-electron chi connectivity index (χ3n) is 18.2. The van der Waals surface area contributed by atoms with Crippen molar-refractivity contribution in [1.29, 1.82) is 0 Å². The second-order valence-corrected chi connectivity index (χ2v) is 32.3. The van der Waals surface area contributed by atoms with Gasteiger partial charge >= 0.3 is 39.5 Å². The van der Waals surface area contributed by atoms with Crippen LogP contribution in [0, 0.1) is 23.7 Å². The second-order valence-electron chi connectivity index (χ2n) is 29.4. The minimum absolute atomic E-state index is 0.105. The number of unbranched alkanes of at least 4 members (excludes halogenated alkanes) is 39. The van der Waals surface area contributed by atoms with Crippen LogP contribution in [0.1, 0.15) is 389 Å². The Bertz CT molecular complexity index is 1890. The SMILES string of the molecule is CCC(C)CCCCCCCCC(=O)OC[C@H](COP(=O)(O)OC[C@H](O)COP(=O)(O)OC[C@@H](COC(=O)CCCCCCCCCCCCCCCC(C)C)OC(=O)CCCCCCCCCCCC(C)C)OC(=O)CCCCCCCCCCCCCCCCCC(C)C. The van der Waals surface area contributed by atoms with Gasteiger partial charge in [0.1, 0.15) is 19.3 Å². The average Bonchev–Trinajstić information content (AvgIpc) is 1.12. The molecular weight excluding hydrogens is 1260 g/mol. The zero-order valence-corrected chi connectivity index (χ0v) is 64.8. The summed E-state index contributed by atoms with van der Waals surface area (Å²) in [5, 5.41) is 10.6. The number of rotatable bonds is 74. The Kier molecular flexibility index (Phi) is 65.0. The molecule has 0 aliphatic rings. The van der Waals surface area contributed by atoms with Crippen LogP contribution in [0.3, 0.4) is 0 Å². The number of carbonyl (C=O) groups excluding carboxylic acids is 4. The monoisotopic (exact) mass is 1410 g/mol. The normalized spacial score (nSPS) is 14.4. The van der Waals surface area contributed by atoms with E-state index < -0.39 is 97.5 Å². The number of phosphoric acid groups is 2. The maximum Gasteiger partial charge on any atom is 0.472 e. The van der Waals surface area contributed by atoms with Crippen LogP contribution in [0.2, 0.25) is 0 Å². The molecule has 0 amide bonds. The molecule has 17 nitrogen and oxygen atoms in total. The van der Waals surface area contributed by atoms with E-state index in [-0.39, 0.29) is 25.7 Å². The lowest BCUT2D eigenvalue weighted by atomic mass is 10.00. The van der Waals surface area contributed by atoms with Gasteiger partial charge in [-0.25, -0.2) is 9.13 Å². The Morgan fingerprint density at radius 2 is 0.500 bits per heavy atom. The lowest BCUT2D eigenvalue weighted by Gasteiger charge is -2.21. The minimum Gasteiger partial charge on any atom is -0.462 e. The van der Waals surface area contributed by atoms with E-state index in [9.17, 15) is 43.2 Å². The Balaban J connectivity index is 5.22. The third-order valence-corrected chi connectivity index (χ3v) is 20.1. The van der Waals surface area contributed by atoms with E-state index in [1.54, 1.807) is 0 Å². The summed E-state index contributed by atoms with van der Waals surface area (Å²) in [6, 6.07) is 0. The van der Waals surface area contributed by atoms with Crippen molar-refractivity contribution in [1.82, 2.24) is 0 Å². The van der Waals surface area contributed by atoms with Crippen LogP contribution in [0.5, 0.6) is 0 Å². The van der Waals surface area contributed by atoms with Gasteiger partial charge in [-0.1, -0.05) is 338 Å². The molecule has 19 heteroatoms. The summed E-state index contributed by atoms with van der Waals surface area (Å²) in [6.07, 6.45) is 51.4. The molecule has 0 heterocycles. The standard InChI is InChI=1S/C77H150O17P2/c1-9-70(8)56-48-40-35-36-42-50-58-75(80)88-64-73(94-76(81)59-51-43-33-27-21-16-12-10-11-14-18-23-29-37-45-53-67(2)3)66-92-96(85,86)90-62-71(78)61-89-95(83,84)91-65-72(93-77(82)60-52-44-34-28-22-25-31-39-47-55-69(6)7)63-87-74(79)57-49-41-32-26-20-17-13-15-19-24-30-38-46-54-68(4)5/h67-73,78H,9-66H2,1-8H3,(H,83,84)(H,85,86)/t70?,71-,72-,73-/m1/s1. The lowest BCUT2D eigenvalue weighted by molar-refractivity contribution is -0.161. The smallest absolute Gasteiger partial charge is 0.462 e. The molecule has 570 valence electrons. The van der Waals surface area contributed by atoms with Crippen molar-refractivity contribution in [2.75, 3.05) is 39.6 Å². The van der Waals surface area contributed by atoms with Crippen LogP contribution < -0.4 is 0 Å². The van der Waals surface area contributed by atoms with E-state index in [1.807, 2.05) is 0 Å². The first kappa shape index (κ1) is 94.1. The predicted molar refractivity (Wildman–Crippen MR) is 391 cm³/mol. The molecule has 0 saturated carbocycles. The van der Waals surface area contributed by atoms with Crippen LogP contribution >= 0.6 is 15.6 Å². The molecule has 0 fully saturated rings. The maximum absolute atomic E-state index is 13.1. The van der Waals surface area contributed by atoms with Crippen LogP contribution in [0.15, 0.2) is 0 Å². The quantitative estimate of drug-likeness (QED) is 0.0222. The molecule has 0 aromatic carbocycles. The zero-order valence-electron chi connectivity index (χ0n) is 63.0. The molecule has 96 heavy (non-hydrogen) atoms. The molecule has 3 unspecified atom stereocenters. The molecule has 3 N–H and O–H groups in total. The average molecular weight is 1410 g/mol. The van der Waals surface area contributed by atoms with Crippen molar-refractivity contribution in [3.8, 4) is 0 Å². The Morgan fingerprint density at radius 3 is 0.740 bits per heavy atom. The molecule has 0 aliphatic heterocycles. The van der Waals surface area contributed by atoms with E-state index in [2.05, 4.69) is 55.4 Å². The number of ether oxygens (including phenoxy) is 4. The minimum atomic E-state index is -4.96. The summed E-state index contributed by atoms with van der Waals surface area (Å²) in [5.41, 5.74) is 0. The van der Waals surface area contributed by atoms with Gasteiger partial charge in [0, 0.05) is 25.7 Å². The summed E-state index contributed by atoms with van der Waals surface area (Å²) < 4.78 is 68.6. The van der Waals surface area contributed by atoms with Crippen molar-refractivity contribution in [2.45, 2.75) is 408 Å². The third kappa shape index (κ3) is 69.2.